The van der Waals surface area contributed by atoms with Crippen molar-refractivity contribution in [3.05, 3.63) is 0 Å². The lowest BCUT2D eigenvalue weighted by molar-refractivity contribution is -0.239. The third-order valence-electron chi connectivity index (χ3n) is 1.57. The van der Waals surface area contributed by atoms with Crippen LogP contribution in [-0.4, -0.2) is 45.6 Å². The van der Waals surface area contributed by atoms with Crippen molar-refractivity contribution in [1.82, 2.24) is 0 Å². The van der Waals surface area contributed by atoms with Crippen molar-refractivity contribution in [3.63, 3.8) is 0 Å². The van der Waals surface area contributed by atoms with Crippen LogP contribution >= 0.6 is 0 Å². The van der Waals surface area contributed by atoms with E-state index in [4.69, 9.17) is 15.3 Å². The van der Waals surface area contributed by atoms with Gasteiger partial charge in [-0.25, -0.2) is 4.79 Å². The van der Waals surface area contributed by atoms with E-state index >= 15 is 0 Å². The second-order valence-electron chi connectivity index (χ2n) is 2.60. The van der Waals surface area contributed by atoms with Crippen molar-refractivity contribution in [2.24, 2.45) is 0 Å². The van der Waals surface area contributed by atoms with Gasteiger partial charge in [0.2, 0.25) is 0 Å². The van der Waals surface area contributed by atoms with Gasteiger partial charge in [-0.3, -0.25) is 4.79 Å². The van der Waals surface area contributed by atoms with Crippen LogP contribution in [0, 0.1) is 0 Å². The Labute approximate surface area is 67.4 Å². The molecular weight excluding hydrogens is 168 g/mol. The van der Waals surface area contributed by atoms with E-state index in [1.54, 1.807) is 0 Å². The zero-order chi connectivity index (χ0) is 9.35. The van der Waals surface area contributed by atoms with Crippen molar-refractivity contribution < 1.29 is 29.6 Å². The van der Waals surface area contributed by atoms with Gasteiger partial charge in [-0.2, -0.15) is 0 Å². The molecule has 12 heavy (non-hydrogen) atoms. The summed E-state index contributed by atoms with van der Waals surface area (Å²) >= 11 is 0. The van der Waals surface area contributed by atoms with E-state index in [1.165, 1.54) is 0 Å². The Kier molecular flexibility index (Phi) is 2.14. The van der Waals surface area contributed by atoms with Crippen molar-refractivity contribution >= 4 is 12.3 Å². The monoisotopic (exact) mass is 176 g/mol. The van der Waals surface area contributed by atoms with Crippen molar-refractivity contribution in [1.29, 1.82) is 0 Å². The number of cyclic esters (lactones) is 1. The summed E-state index contributed by atoms with van der Waals surface area (Å²) in [5.41, 5.74) is 0. The summed E-state index contributed by atoms with van der Waals surface area (Å²) in [6, 6.07) is 0. The minimum Gasteiger partial charge on any atom is -0.424 e. The van der Waals surface area contributed by atoms with Crippen LogP contribution in [0.1, 0.15) is 6.42 Å². The lowest BCUT2D eigenvalue weighted by Gasteiger charge is -2.32. The van der Waals surface area contributed by atoms with Crippen LogP contribution in [-0.2, 0) is 14.3 Å². The van der Waals surface area contributed by atoms with Gasteiger partial charge < -0.3 is 20.1 Å². The molecule has 1 aliphatic heterocycles. The highest BCUT2D eigenvalue weighted by atomic mass is 16.7. The minimum absolute atomic E-state index is 0. The zero-order valence-electron chi connectivity index (χ0n) is 6.01. The van der Waals surface area contributed by atoms with Gasteiger partial charge in [0.15, 0.2) is 12.4 Å². The number of esters is 1. The molecule has 0 saturated carbocycles. The summed E-state index contributed by atoms with van der Waals surface area (Å²) in [4.78, 5) is 20.8. The third kappa shape index (κ3) is 1.45. The molecule has 0 aliphatic carbocycles. The molecule has 68 valence electrons. The Morgan fingerprint density at radius 2 is 2.17 bits per heavy atom. The molecule has 6 heteroatoms. The molecule has 0 spiro atoms. The molecule has 0 unspecified atom stereocenters. The van der Waals surface area contributed by atoms with Crippen LogP contribution in [0.25, 0.3) is 0 Å². The average molecular weight is 176 g/mol. The first-order valence-electron chi connectivity index (χ1n) is 3.26. The Morgan fingerprint density at radius 1 is 1.58 bits per heavy atom. The first-order chi connectivity index (χ1) is 5.48. The number of hydrogen-bond donors (Lipinski definition) is 3. The number of ether oxygens (including phenoxy) is 1. The summed E-state index contributed by atoms with van der Waals surface area (Å²) in [6.07, 6.45) is -3.67. The van der Waals surface area contributed by atoms with E-state index in [0.29, 0.717) is 0 Å². The second-order valence-corrected chi connectivity index (χ2v) is 2.60. The molecule has 3 atom stereocenters. The van der Waals surface area contributed by atoms with Crippen LogP contribution in [0.2, 0.25) is 0 Å². The van der Waals surface area contributed by atoms with Gasteiger partial charge in [-0.05, 0) is 0 Å². The molecule has 1 aliphatic rings. The fraction of sp³-hybridized carbons (Fsp3) is 0.667. The van der Waals surface area contributed by atoms with E-state index in [1.807, 2.05) is 0 Å². The van der Waals surface area contributed by atoms with E-state index < -0.39 is 30.4 Å². The molecule has 0 radical (unpaired) electrons. The van der Waals surface area contributed by atoms with E-state index in [9.17, 15) is 9.59 Å². The highest BCUT2D eigenvalue weighted by molar-refractivity contribution is 5.79. The minimum atomic E-state index is -2.30. The highest BCUT2D eigenvalue weighted by Gasteiger charge is 2.45. The topological polar surface area (TPSA) is 104 Å². The number of carbonyl (C=O) groups is 2. The maximum Gasteiger partial charge on any atom is 0.340 e. The van der Waals surface area contributed by atoms with E-state index in [-0.39, 0.29) is 6.29 Å². The molecule has 0 amide bonds. The predicted molar refractivity (Wildman–Crippen MR) is 33.7 cm³/mol. The summed E-state index contributed by atoms with van der Waals surface area (Å²) < 4.78 is 4.14. The first-order valence-corrected chi connectivity index (χ1v) is 3.26. The normalized spacial score (nSPS) is 42.1. The fourth-order valence-corrected chi connectivity index (χ4v) is 0.917. The number of rotatable bonds is 1. The highest BCUT2D eigenvalue weighted by Crippen LogP contribution is 2.21. The van der Waals surface area contributed by atoms with Crippen LogP contribution in [0.15, 0.2) is 0 Å². The fourth-order valence-electron chi connectivity index (χ4n) is 0.917. The Bertz CT molecular complexity index is 214. The molecule has 1 rings (SSSR count). The molecular formula is C6H8O6. The van der Waals surface area contributed by atoms with Crippen LogP contribution in [0.3, 0.4) is 0 Å². The molecule has 0 bridgehead atoms. The molecule has 0 aromatic carbocycles. The molecule has 1 heterocycles. The van der Waals surface area contributed by atoms with Crippen molar-refractivity contribution in [3.8, 4) is 0 Å². The van der Waals surface area contributed by atoms with Gasteiger partial charge >= 0.3 is 5.97 Å². The van der Waals surface area contributed by atoms with E-state index in [2.05, 4.69) is 4.74 Å². The van der Waals surface area contributed by atoms with Gasteiger partial charge in [-0.15, -0.1) is 0 Å². The number of aliphatic hydroxyl groups is 3. The SMILES string of the molecule is O=C[C@@]1(O)C[C@H](O)[C@H](O)C(=O)O1. The predicted octanol–water partition coefficient (Wildman–Crippen LogP) is -2.46. The molecule has 6 nitrogen and oxygen atoms in total. The maximum absolute atomic E-state index is 10.6. The van der Waals surface area contributed by atoms with Crippen LogP contribution in [0.4, 0.5) is 0 Å². The molecule has 0 aromatic heterocycles. The van der Waals surface area contributed by atoms with Crippen molar-refractivity contribution in [2.75, 3.05) is 0 Å². The Morgan fingerprint density at radius 3 is 2.58 bits per heavy atom. The molecule has 1 saturated heterocycles. The number of carbonyl (C=O) groups excluding carboxylic acids is 2. The number of aliphatic hydroxyl groups excluding tert-OH is 2. The van der Waals surface area contributed by atoms with Gasteiger partial charge in [0, 0.05) is 6.42 Å². The van der Waals surface area contributed by atoms with Crippen LogP contribution in [0.5, 0.6) is 0 Å². The number of hydrogen-bond acceptors (Lipinski definition) is 6. The maximum atomic E-state index is 10.6. The summed E-state index contributed by atoms with van der Waals surface area (Å²) in [5, 5.41) is 26.8. The van der Waals surface area contributed by atoms with Crippen LogP contribution < -0.4 is 0 Å². The molecule has 1 fully saturated rings. The largest absolute Gasteiger partial charge is 0.424 e. The number of aldehydes is 1. The second kappa shape index (κ2) is 2.81. The average Bonchev–Trinajstić information content (AvgIpc) is 2.00. The van der Waals surface area contributed by atoms with E-state index in [0.717, 1.165) is 0 Å². The summed E-state index contributed by atoms with van der Waals surface area (Å²) in [6.45, 7) is 0. The van der Waals surface area contributed by atoms with Gasteiger partial charge in [0.25, 0.3) is 5.79 Å². The van der Waals surface area contributed by atoms with Gasteiger partial charge in [-0.1, -0.05) is 0 Å². The Hall–Kier alpha value is -0.980. The van der Waals surface area contributed by atoms with Gasteiger partial charge in [0.1, 0.15) is 0 Å². The van der Waals surface area contributed by atoms with Gasteiger partial charge in [0.05, 0.1) is 6.10 Å². The molecule has 0 aromatic rings. The summed E-state index contributed by atoms with van der Waals surface area (Å²) in [5.74, 6) is -3.50. The van der Waals surface area contributed by atoms with Crippen molar-refractivity contribution in [2.45, 2.75) is 24.4 Å². The molecule has 3 N–H and O–H groups in total. The third-order valence-corrected chi connectivity index (χ3v) is 1.57. The lowest BCUT2D eigenvalue weighted by atomic mass is 10.0. The first kappa shape index (κ1) is 9.11. The smallest absolute Gasteiger partial charge is 0.340 e. The standard InChI is InChI=1S/C6H8O6/c7-2-6(11)1-3(8)4(9)5(10)12-6/h2-4,8-9,11H,1H2/t3-,4-,6+/m0/s1. The zero-order valence-corrected chi connectivity index (χ0v) is 6.01. The Balaban J connectivity index is 2.78. The quantitative estimate of drug-likeness (QED) is 0.302. The summed E-state index contributed by atoms with van der Waals surface area (Å²) in [7, 11) is 0. The lowest BCUT2D eigenvalue weighted by Crippen LogP contribution is -2.53.